The second kappa shape index (κ2) is 10.6. The minimum absolute atomic E-state index is 0.120. The first-order valence-corrected chi connectivity index (χ1v) is 11.2. The Bertz CT molecular complexity index is 1060. The molecule has 0 spiro atoms. The molecule has 0 atom stereocenters. The number of nitrogens with zero attached hydrogens (tertiary/aromatic N) is 1. The Morgan fingerprint density at radius 2 is 1.74 bits per heavy atom. The van der Waals surface area contributed by atoms with Crippen molar-refractivity contribution in [3.05, 3.63) is 92.4 Å². The van der Waals surface area contributed by atoms with Crippen molar-refractivity contribution in [1.82, 2.24) is 4.90 Å². The van der Waals surface area contributed by atoms with E-state index < -0.39 is 0 Å². The molecule has 31 heavy (non-hydrogen) atoms. The van der Waals surface area contributed by atoms with Crippen LogP contribution in [0.4, 0.5) is 5.69 Å². The zero-order valence-electron chi connectivity index (χ0n) is 17.2. The van der Waals surface area contributed by atoms with Gasteiger partial charge in [-0.25, -0.2) is 0 Å². The molecule has 2 amide bonds. The van der Waals surface area contributed by atoms with Crippen molar-refractivity contribution in [2.45, 2.75) is 13.5 Å². The minimum Gasteiger partial charge on any atom is -0.482 e. The third-order valence-corrected chi connectivity index (χ3v) is 5.59. The smallest absolute Gasteiger partial charge is 0.262 e. The Morgan fingerprint density at radius 3 is 2.45 bits per heavy atom. The summed E-state index contributed by atoms with van der Waals surface area (Å²) in [5.41, 5.74) is 3.00. The first-order valence-electron chi connectivity index (χ1n) is 9.61. The number of amides is 2. The number of carbonyl (C=O) groups excluding carboxylic acids is 2. The molecule has 0 aliphatic heterocycles. The molecule has 0 aliphatic carbocycles. The molecule has 5 nitrogen and oxygen atoms in total. The van der Waals surface area contributed by atoms with Crippen LogP contribution in [0.3, 0.4) is 0 Å². The molecule has 1 N–H and O–H groups in total. The van der Waals surface area contributed by atoms with Crippen molar-refractivity contribution in [2.24, 2.45) is 0 Å². The summed E-state index contributed by atoms with van der Waals surface area (Å²) in [6.45, 7) is 2.27. The van der Waals surface area contributed by atoms with Crippen molar-refractivity contribution in [1.29, 1.82) is 0 Å². The third-order valence-electron chi connectivity index (χ3n) is 4.54. The predicted molar refractivity (Wildman–Crippen MR) is 129 cm³/mol. The molecule has 3 rings (SSSR count). The molecule has 0 radical (unpaired) electrons. The summed E-state index contributed by atoms with van der Waals surface area (Å²) in [5, 5.41) is 2.79. The van der Waals surface area contributed by atoms with Crippen LogP contribution < -0.4 is 10.1 Å². The number of ether oxygens (including phenoxy) is 1. The number of aryl methyl sites for hydroxylation is 1. The summed E-state index contributed by atoms with van der Waals surface area (Å²) in [7, 11) is 1.76. The van der Waals surface area contributed by atoms with Crippen LogP contribution in [0.2, 0.25) is 0 Å². The molecule has 0 bridgehead atoms. The van der Waals surface area contributed by atoms with E-state index in [0.717, 1.165) is 20.1 Å². The molecular formula is C24H22Br2N2O3. The molecule has 3 aromatic rings. The summed E-state index contributed by atoms with van der Waals surface area (Å²) in [6.07, 6.45) is 0. The van der Waals surface area contributed by atoms with E-state index in [1.807, 2.05) is 49.4 Å². The average Bonchev–Trinajstić information content (AvgIpc) is 2.73. The van der Waals surface area contributed by atoms with Gasteiger partial charge in [0.05, 0.1) is 4.47 Å². The molecule has 3 aromatic carbocycles. The van der Waals surface area contributed by atoms with Gasteiger partial charge in [0.25, 0.3) is 11.8 Å². The highest BCUT2D eigenvalue weighted by Crippen LogP contribution is 2.32. The summed E-state index contributed by atoms with van der Waals surface area (Å²) in [4.78, 5) is 26.8. The summed E-state index contributed by atoms with van der Waals surface area (Å²) < 4.78 is 7.37. The van der Waals surface area contributed by atoms with E-state index in [1.54, 1.807) is 36.2 Å². The number of rotatable bonds is 7. The van der Waals surface area contributed by atoms with Crippen LogP contribution in [-0.2, 0) is 11.3 Å². The quantitative estimate of drug-likeness (QED) is 0.407. The van der Waals surface area contributed by atoms with Gasteiger partial charge in [-0.05, 0) is 64.3 Å². The summed E-state index contributed by atoms with van der Waals surface area (Å²) in [6, 6.07) is 20.5. The summed E-state index contributed by atoms with van der Waals surface area (Å²) in [5.74, 6) is 0.187. The topological polar surface area (TPSA) is 58.6 Å². The second-order valence-electron chi connectivity index (χ2n) is 7.10. The Hall–Kier alpha value is -2.64. The van der Waals surface area contributed by atoms with Gasteiger partial charge in [0.1, 0.15) is 5.75 Å². The number of hydrogen-bond acceptors (Lipinski definition) is 3. The van der Waals surface area contributed by atoms with E-state index >= 15 is 0 Å². The van der Waals surface area contributed by atoms with E-state index in [1.165, 1.54) is 0 Å². The molecule has 0 unspecified atom stereocenters. The Balaban J connectivity index is 1.61. The molecule has 0 aromatic heterocycles. The SMILES string of the molecule is Cc1cc(Br)cc(Br)c1OCC(=O)Nc1cccc(C(=O)N(C)Cc2ccccc2)c1. The molecule has 0 saturated heterocycles. The zero-order chi connectivity index (χ0) is 22.4. The van der Waals surface area contributed by atoms with Crippen LogP contribution in [-0.4, -0.2) is 30.4 Å². The summed E-state index contributed by atoms with van der Waals surface area (Å²) >= 11 is 6.87. The van der Waals surface area contributed by atoms with Crippen molar-refractivity contribution in [2.75, 3.05) is 19.0 Å². The van der Waals surface area contributed by atoms with Crippen molar-refractivity contribution >= 4 is 49.4 Å². The number of halogens is 2. The van der Waals surface area contributed by atoms with Crippen LogP contribution in [0.25, 0.3) is 0 Å². The van der Waals surface area contributed by atoms with Gasteiger partial charge in [0, 0.05) is 29.3 Å². The normalized spacial score (nSPS) is 10.5. The lowest BCUT2D eigenvalue weighted by Gasteiger charge is -2.18. The van der Waals surface area contributed by atoms with Crippen LogP contribution in [0.1, 0.15) is 21.5 Å². The number of anilines is 1. The lowest BCUT2D eigenvalue weighted by atomic mass is 10.1. The van der Waals surface area contributed by atoms with Gasteiger partial charge in [0.15, 0.2) is 6.61 Å². The number of hydrogen-bond donors (Lipinski definition) is 1. The van der Waals surface area contributed by atoms with Gasteiger partial charge < -0.3 is 15.0 Å². The maximum absolute atomic E-state index is 12.8. The van der Waals surface area contributed by atoms with Crippen LogP contribution >= 0.6 is 31.9 Å². The second-order valence-corrected chi connectivity index (χ2v) is 8.87. The Kier molecular flexibility index (Phi) is 7.87. The molecule has 0 heterocycles. The standard InChI is InChI=1S/C24H22Br2N2O3/c1-16-11-19(25)13-21(26)23(16)31-15-22(29)27-20-10-6-9-18(12-20)24(30)28(2)14-17-7-4-3-5-8-17/h3-13H,14-15H2,1-2H3,(H,27,29). The first-order chi connectivity index (χ1) is 14.8. The largest absolute Gasteiger partial charge is 0.482 e. The van der Waals surface area contributed by atoms with Gasteiger partial charge in [-0.2, -0.15) is 0 Å². The third kappa shape index (κ3) is 6.42. The number of carbonyl (C=O) groups is 2. The van der Waals surface area contributed by atoms with Crippen molar-refractivity contribution in [3.63, 3.8) is 0 Å². The molecule has 0 aliphatic rings. The van der Waals surface area contributed by atoms with Crippen LogP contribution in [0, 0.1) is 6.92 Å². The molecular weight excluding hydrogens is 524 g/mol. The van der Waals surface area contributed by atoms with Gasteiger partial charge in [0.2, 0.25) is 0 Å². The molecule has 160 valence electrons. The fraction of sp³-hybridized carbons (Fsp3) is 0.167. The number of benzene rings is 3. The van der Waals surface area contributed by atoms with E-state index in [-0.39, 0.29) is 18.4 Å². The Labute approximate surface area is 198 Å². The van der Waals surface area contributed by atoms with E-state index in [9.17, 15) is 9.59 Å². The van der Waals surface area contributed by atoms with Crippen LogP contribution in [0.5, 0.6) is 5.75 Å². The predicted octanol–water partition coefficient (Wildman–Crippen LogP) is 5.81. The van der Waals surface area contributed by atoms with E-state index in [0.29, 0.717) is 23.5 Å². The fourth-order valence-electron chi connectivity index (χ4n) is 3.09. The Morgan fingerprint density at radius 1 is 1.00 bits per heavy atom. The molecule has 0 saturated carbocycles. The maximum atomic E-state index is 12.8. The van der Waals surface area contributed by atoms with Crippen molar-refractivity contribution in [3.8, 4) is 5.75 Å². The van der Waals surface area contributed by atoms with Gasteiger partial charge in [-0.3, -0.25) is 9.59 Å². The zero-order valence-corrected chi connectivity index (χ0v) is 20.4. The minimum atomic E-state index is -0.309. The fourth-order valence-corrected chi connectivity index (χ4v) is 4.64. The number of nitrogens with one attached hydrogen (secondary N) is 1. The van der Waals surface area contributed by atoms with Gasteiger partial charge >= 0.3 is 0 Å². The van der Waals surface area contributed by atoms with Gasteiger partial charge in [-0.15, -0.1) is 0 Å². The van der Waals surface area contributed by atoms with E-state index in [4.69, 9.17) is 4.74 Å². The van der Waals surface area contributed by atoms with E-state index in [2.05, 4.69) is 37.2 Å². The average molecular weight is 546 g/mol. The highest BCUT2D eigenvalue weighted by molar-refractivity contribution is 9.11. The van der Waals surface area contributed by atoms with Gasteiger partial charge in [-0.1, -0.05) is 52.3 Å². The van der Waals surface area contributed by atoms with Crippen LogP contribution in [0.15, 0.2) is 75.7 Å². The lowest BCUT2D eigenvalue weighted by molar-refractivity contribution is -0.118. The lowest BCUT2D eigenvalue weighted by Crippen LogP contribution is -2.26. The van der Waals surface area contributed by atoms with Crippen molar-refractivity contribution < 1.29 is 14.3 Å². The molecule has 7 heteroatoms. The first kappa shape index (κ1) is 23.0. The highest BCUT2D eigenvalue weighted by Gasteiger charge is 2.14. The maximum Gasteiger partial charge on any atom is 0.262 e. The molecule has 0 fully saturated rings. The highest BCUT2D eigenvalue weighted by atomic mass is 79.9. The monoisotopic (exact) mass is 544 g/mol.